The van der Waals surface area contributed by atoms with Crippen LogP contribution in [0.5, 0.6) is 23.0 Å². The van der Waals surface area contributed by atoms with Gasteiger partial charge in [-0.05, 0) is 47.5 Å². The lowest BCUT2D eigenvalue weighted by atomic mass is 9.78. The van der Waals surface area contributed by atoms with Crippen molar-refractivity contribution in [3.05, 3.63) is 83.9 Å². The molecule has 0 aliphatic carbocycles. The molecule has 0 saturated carbocycles. The summed E-state index contributed by atoms with van der Waals surface area (Å²) in [5.74, 6) is 1.24. The van der Waals surface area contributed by atoms with Crippen LogP contribution in [0.4, 0.5) is 0 Å². The van der Waals surface area contributed by atoms with Crippen LogP contribution in [-0.2, 0) is 5.41 Å². The summed E-state index contributed by atoms with van der Waals surface area (Å²) < 4.78 is 4.79. The van der Waals surface area contributed by atoms with Crippen LogP contribution in [0.1, 0.15) is 25.0 Å². The normalized spacial score (nSPS) is 10.6. The molecule has 0 aliphatic rings. The molecule has 136 valence electrons. The number of hydrogen-bond acceptors (Lipinski definition) is 4. The first-order valence-electron chi connectivity index (χ1n) is 8.25. The molecule has 4 nitrogen and oxygen atoms in total. The topological polar surface area (TPSA) is 69.9 Å². The fraction of sp³-hybridized carbons (Fsp3) is 0.182. The Balaban J connectivity index is 0.000000228. The van der Waals surface area contributed by atoms with Gasteiger partial charge in [-0.3, -0.25) is 0 Å². The van der Waals surface area contributed by atoms with Gasteiger partial charge in [0.25, 0.3) is 0 Å². The van der Waals surface area contributed by atoms with Crippen molar-refractivity contribution in [3.63, 3.8) is 0 Å². The summed E-state index contributed by atoms with van der Waals surface area (Å²) in [4.78, 5) is 0. The van der Waals surface area contributed by atoms with Crippen LogP contribution >= 0.6 is 0 Å². The Kier molecular flexibility index (Phi) is 6.12. The van der Waals surface area contributed by atoms with E-state index in [4.69, 9.17) is 9.84 Å². The third-order valence-corrected chi connectivity index (χ3v) is 4.26. The summed E-state index contributed by atoms with van der Waals surface area (Å²) in [6.45, 7) is 4.23. The van der Waals surface area contributed by atoms with Crippen LogP contribution in [0.2, 0.25) is 0 Å². The van der Waals surface area contributed by atoms with Gasteiger partial charge in [-0.1, -0.05) is 50.2 Å². The number of rotatable bonds is 3. The second-order valence-corrected chi connectivity index (χ2v) is 6.39. The Hall–Kier alpha value is -3.14. The number of hydrogen-bond donors (Lipinski definition) is 3. The van der Waals surface area contributed by atoms with Crippen molar-refractivity contribution >= 4 is 0 Å². The first kappa shape index (κ1) is 19.2. The fourth-order valence-electron chi connectivity index (χ4n) is 2.55. The van der Waals surface area contributed by atoms with Gasteiger partial charge in [-0.25, -0.2) is 0 Å². The average molecular weight is 352 g/mol. The van der Waals surface area contributed by atoms with Crippen molar-refractivity contribution < 1.29 is 20.1 Å². The van der Waals surface area contributed by atoms with Crippen LogP contribution in [0, 0.1) is 0 Å². The van der Waals surface area contributed by atoms with Gasteiger partial charge < -0.3 is 20.1 Å². The first-order valence-corrected chi connectivity index (χ1v) is 8.25. The SMILES string of the molecule is CC(C)(c1ccc(O)cc1)c1ccc(O)cc1.COc1ccccc1O. The molecule has 3 aromatic carbocycles. The minimum absolute atomic E-state index is 0.151. The summed E-state index contributed by atoms with van der Waals surface area (Å²) in [5, 5.41) is 27.6. The molecule has 26 heavy (non-hydrogen) atoms. The molecule has 0 aromatic heterocycles. The van der Waals surface area contributed by atoms with E-state index in [1.54, 1.807) is 48.5 Å². The van der Waals surface area contributed by atoms with Crippen LogP contribution in [-0.4, -0.2) is 22.4 Å². The van der Waals surface area contributed by atoms with E-state index < -0.39 is 0 Å². The molecule has 0 spiro atoms. The van der Waals surface area contributed by atoms with Gasteiger partial charge in [0.05, 0.1) is 7.11 Å². The van der Waals surface area contributed by atoms with E-state index in [1.165, 1.54) is 7.11 Å². The highest BCUT2D eigenvalue weighted by Gasteiger charge is 2.22. The summed E-state index contributed by atoms with van der Waals surface area (Å²) >= 11 is 0. The number of para-hydroxylation sites is 2. The summed E-state index contributed by atoms with van der Waals surface area (Å²) in [5.41, 5.74) is 2.10. The molecule has 0 unspecified atom stereocenters. The number of phenolic OH excluding ortho intramolecular Hbond substituents is 3. The lowest BCUT2D eigenvalue weighted by Crippen LogP contribution is -2.18. The Morgan fingerprint density at radius 1 is 0.654 bits per heavy atom. The van der Waals surface area contributed by atoms with Crippen molar-refractivity contribution in [2.75, 3.05) is 7.11 Å². The molecular weight excluding hydrogens is 328 g/mol. The van der Waals surface area contributed by atoms with Crippen molar-refractivity contribution in [3.8, 4) is 23.0 Å². The quantitative estimate of drug-likeness (QED) is 0.632. The third kappa shape index (κ3) is 4.70. The Bertz CT molecular complexity index is 774. The number of ether oxygens (including phenoxy) is 1. The van der Waals surface area contributed by atoms with E-state index in [0.29, 0.717) is 5.75 Å². The molecule has 0 heterocycles. The van der Waals surface area contributed by atoms with Gasteiger partial charge in [0, 0.05) is 5.41 Å². The zero-order valence-electron chi connectivity index (χ0n) is 15.2. The molecule has 3 rings (SSSR count). The fourth-order valence-corrected chi connectivity index (χ4v) is 2.55. The number of aromatic hydroxyl groups is 3. The van der Waals surface area contributed by atoms with Crippen molar-refractivity contribution in [1.29, 1.82) is 0 Å². The largest absolute Gasteiger partial charge is 0.508 e. The maximum atomic E-state index is 9.30. The standard InChI is InChI=1S/C15H16O2.C7H8O2/c1-15(2,11-3-7-13(16)8-4-11)12-5-9-14(17)10-6-12;1-9-7-5-3-2-4-6(7)8/h3-10,16-17H,1-2H3;2-5,8H,1H3. The molecule has 0 atom stereocenters. The molecule has 3 aromatic rings. The molecule has 0 fully saturated rings. The predicted molar refractivity (Wildman–Crippen MR) is 103 cm³/mol. The maximum absolute atomic E-state index is 9.30. The minimum Gasteiger partial charge on any atom is -0.508 e. The first-order chi connectivity index (χ1) is 12.3. The van der Waals surface area contributed by atoms with Gasteiger partial charge in [0.15, 0.2) is 11.5 Å². The van der Waals surface area contributed by atoms with Crippen LogP contribution in [0.3, 0.4) is 0 Å². The monoisotopic (exact) mass is 352 g/mol. The van der Waals surface area contributed by atoms with Crippen LogP contribution < -0.4 is 4.74 Å². The van der Waals surface area contributed by atoms with E-state index in [9.17, 15) is 10.2 Å². The Labute approximate surface area is 154 Å². The predicted octanol–water partition coefficient (Wildman–Crippen LogP) is 4.82. The van der Waals surface area contributed by atoms with Crippen molar-refractivity contribution in [2.45, 2.75) is 19.3 Å². The van der Waals surface area contributed by atoms with Crippen LogP contribution in [0.15, 0.2) is 72.8 Å². The molecular formula is C22H24O4. The van der Waals surface area contributed by atoms with Gasteiger partial charge in [0.1, 0.15) is 11.5 Å². The summed E-state index contributed by atoms with van der Waals surface area (Å²) in [7, 11) is 1.52. The smallest absolute Gasteiger partial charge is 0.160 e. The molecule has 0 aliphatic heterocycles. The van der Waals surface area contributed by atoms with Gasteiger partial charge in [-0.2, -0.15) is 0 Å². The lowest BCUT2D eigenvalue weighted by molar-refractivity contribution is 0.373. The van der Waals surface area contributed by atoms with Crippen molar-refractivity contribution in [1.82, 2.24) is 0 Å². The van der Waals surface area contributed by atoms with Gasteiger partial charge in [-0.15, -0.1) is 0 Å². The number of benzene rings is 3. The minimum atomic E-state index is -0.151. The van der Waals surface area contributed by atoms with E-state index in [1.807, 2.05) is 24.3 Å². The zero-order chi connectivity index (χ0) is 19.2. The van der Waals surface area contributed by atoms with E-state index in [0.717, 1.165) is 11.1 Å². The van der Waals surface area contributed by atoms with Crippen LogP contribution in [0.25, 0.3) is 0 Å². The maximum Gasteiger partial charge on any atom is 0.160 e. The highest BCUT2D eigenvalue weighted by atomic mass is 16.5. The molecule has 0 amide bonds. The zero-order valence-corrected chi connectivity index (χ0v) is 15.2. The van der Waals surface area contributed by atoms with Gasteiger partial charge in [0.2, 0.25) is 0 Å². The average Bonchev–Trinajstić information content (AvgIpc) is 2.63. The lowest BCUT2D eigenvalue weighted by Gasteiger charge is -2.26. The summed E-state index contributed by atoms with van der Waals surface area (Å²) in [6.07, 6.45) is 0. The van der Waals surface area contributed by atoms with Gasteiger partial charge >= 0.3 is 0 Å². The highest BCUT2D eigenvalue weighted by molar-refractivity contribution is 5.41. The molecule has 0 saturated heterocycles. The van der Waals surface area contributed by atoms with E-state index >= 15 is 0 Å². The molecule has 4 heteroatoms. The Morgan fingerprint density at radius 2 is 1.08 bits per heavy atom. The second kappa shape index (κ2) is 8.30. The Morgan fingerprint density at radius 3 is 1.42 bits per heavy atom. The molecule has 3 N–H and O–H groups in total. The van der Waals surface area contributed by atoms with Crippen molar-refractivity contribution in [2.24, 2.45) is 0 Å². The van der Waals surface area contributed by atoms with E-state index in [2.05, 4.69) is 13.8 Å². The molecule has 0 bridgehead atoms. The second-order valence-electron chi connectivity index (χ2n) is 6.39. The number of methoxy groups -OCH3 is 1. The van der Waals surface area contributed by atoms with E-state index in [-0.39, 0.29) is 22.7 Å². The highest BCUT2D eigenvalue weighted by Crippen LogP contribution is 2.32. The molecule has 0 radical (unpaired) electrons. The third-order valence-electron chi connectivity index (χ3n) is 4.26. The summed E-state index contributed by atoms with van der Waals surface area (Å²) in [6, 6.07) is 21.3. The number of phenols is 3.